The Bertz CT molecular complexity index is 2070. The minimum Gasteiger partial charge on any atom is -0.0925 e. The van der Waals surface area contributed by atoms with E-state index in [1.54, 1.807) is 27.7 Å². The zero-order valence-electron chi connectivity index (χ0n) is 39.8. The highest BCUT2D eigenvalue weighted by molar-refractivity contribution is 5.41. The molecule has 0 bridgehead atoms. The van der Waals surface area contributed by atoms with Gasteiger partial charge in [-0.25, -0.2) is 0 Å². The van der Waals surface area contributed by atoms with Gasteiger partial charge in [0.15, 0.2) is 0 Å². The second kappa shape index (κ2) is 61.0. The van der Waals surface area contributed by atoms with Gasteiger partial charge in [0, 0.05) is 12.8 Å². The quantitative estimate of drug-likeness (QED) is 0.144. The summed E-state index contributed by atoms with van der Waals surface area (Å²) in [5.41, 5.74) is 0. The van der Waals surface area contributed by atoms with Gasteiger partial charge in [-0.15, -0.1) is 0 Å². The van der Waals surface area contributed by atoms with Crippen LogP contribution in [-0.4, -0.2) is 0 Å². The SMILES string of the molecule is C.CC#CC#CC#C/C=C/CCC(C)CC.CC#CC#CC#C/C=C/CCC(C)CCC.CC#CC#CC#CC#CCCC(C)CC.CC#CC#CC#CC#CCCC(C)CC. The highest BCUT2D eigenvalue weighted by Gasteiger charge is 1.98. The van der Waals surface area contributed by atoms with Crippen LogP contribution in [-0.2, 0) is 0 Å². The van der Waals surface area contributed by atoms with E-state index in [4.69, 9.17) is 0 Å². The number of hydrogen-bond donors (Lipinski definition) is 0. The molecule has 4 unspecified atom stereocenters. The summed E-state index contributed by atoms with van der Waals surface area (Å²) in [6, 6.07) is 0. The number of rotatable bonds is 15. The Kier molecular flexibility index (Phi) is 63.4. The van der Waals surface area contributed by atoms with Gasteiger partial charge >= 0.3 is 0 Å². The molecular weight excluding hydrogens is 745 g/mol. The molecule has 0 fully saturated rings. The van der Waals surface area contributed by atoms with Crippen molar-refractivity contribution in [2.45, 2.75) is 174 Å². The predicted molar refractivity (Wildman–Crippen MR) is 276 cm³/mol. The van der Waals surface area contributed by atoms with Crippen LogP contribution in [0.3, 0.4) is 0 Å². The summed E-state index contributed by atoms with van der Waals surface area (Å²) < 4.78 is 0. The van der Waals surface area contributed by atoms with E-state index in [1.807, 2.05) is 12.2 Å². The van der Waals surface area contributed by atoms with E-state index in [1.165, 1.54) is 44.9 Å². The van der Waals surface area contributed by atoms with Crippen LogP contribution in [0.25, 0.3) is 0 Å². The van der Waals surface area contributed by atoms with Crippen LogP contribution in [0.5, 0.6) is 0 Å². The van der Waals surface area contributed by atoms with Gasteiger partial charge in [-0.2, -0.15) is 0 Å². The van der Waals surface area contributed by atoms with Crippen molar-refractivity contribution in [2.24, 2.45) is 23.7 Å². The molecule has 62 heavy (non-hydrogen) atoms. The van der Waals surface area contributed by atoms with E-state index in [-0.39, 0.29) is 7.43 Å². The van der Waals surface area contributed by atoms with Crippen LogP contribution in [0.4, 0.5) is 0 Å². The first-order valence-electron chi connectivity index (χ1n) is 21.7. The molecule has 0 aliphatic heterocycles. The highest BCUT2D eigenvalue weighted by atomic mass is 14.0. The molecule has 0 saturated heterocycles. The lowest BCUT2D eigenvalue weighted by atomic mass is 10.0. The first kappa shape index (κ1) is 64.5. The van der Waals surface area contributed by atoms with Crippen LogP contribution < -0.4 is 0 Å². The fourth-order valence-electron chi connectivity index (χ4n) is 3.93. The molecule has 0 aliphatic rings. The molecule has 0 saturated carbocycles. The number of allylic oxidation sites excluding steroid dienone is 4. The summed E-state index contributed by atoms with van der Waals surface area (Å²) >= 11 is 0. The molecule has 0 spiro atoms. The standard InChI is InChI=1S/C16H20.C15H18.2C15H16.CH4/c1-4-6-7-8-9-10-11-12-13-15-16(3)14-5-2;3*1-4-6-7-8-9-10-11-12-13-14-15(3)5-2;/h11-12,16H,5,13-15H2,1-3H3;11-12,15H,5,13-14H2,1-3H3;2*15H,5,13-14H2,1-3H3;1H4/b2*12-11+;;;. The van der Waals surface area contributed by atoms with Gasteiger partial charge in [-0.05, 0) is 220 Å². The Balaban J connectivity index is -0.000000232. The van der Waals surface area contributed by atoms with Crippen molar-refractivity contribution in [1.82, 2.24) is 0 Å². The third-order valence-corrected chi connectivity index (χ3v) is 8.27. The van der Waals surface area contributed by atoms with E-state index >= 15 is 0 Å². The van der Waals surface area contributed by atoms with Crippen molar-refractivity contribution in [3.05, 3.63) is 24.3 Å². The molecule has 0 heteroatoms. The Morgan fingerprint density at radius 1 is 0.339 bits per heavy atom. The van der Waals surface area contributed by atoms with Crippen molar-refractivity contribution in [3.63, 3.8) is 0 Å². The van der Waals surface area contributed by atoms with Crippen molar-refractivity contribution in [3.8, 4) is 166 Å². The molecule has 0 aromatic heterocycles. The Labute approximate surface area is 386 Å². The lowest BCUT2D eigenvalue weighted by Crippen LogP contribution is -1.91. The van der Waals surface area contributed by atoms with Crippen LogP contribution in [0, 0.1) is 189 Å². The minimum absolute atomic E-state index is 0. The smallest absolute Gasteiger partial charge is 0.0101 e. The van der Waals surface area contributed by atoms with E-state index in [0.29, 0.717) is 0 Å². The molecule has 0 rings (SSSR count). The maximum atomic E-state index is 3.01. The molecule has 0 N–H and O–H groups in total. The third kappa shape index (κ3) is 68.0. The van der Waals surface area contributed by atoms with Crippen molar-refractivity contribution in [2.75, 3.05) is 0 Å². The second-order valence-corrected chi connectivity index (χ2v) is 13.6. The van der Waals surface area contributed by atoms with Gasteiger partial charge in [-0.1, -0.05) is 154 Å². The molecule has 322 valence electrons. The summed E-state index contributed by atoms with van der Waals surface area (Å²) in [6.45, 7) is 24.9. The fraction of sp³-hybridized carbons (Fsp3) is 0.484. The monoisotopic (exact) mass is 819 g/mol. The molecule has 0 radical (unpaired) electrons. The lowest BCUT2D eigenvalue weighted by molar-refractivity contribution is 0.491. The number of hydrogen-bond acceptors (Lipinski definition) is 0. The van der Waals surface area contributed by atoms with Gasteiger partial charge in [-0.3, -0.25) is 0 Å². The topological polar surface area (TPSA) is 0 Å². The highest BCUT2D eigenvalue weighted by Crippen LogP contribution is 2.12. The Morgan fingerprint density at radius 3 is 0.952 bits per heavy atom. The normalized spacial score (nSPS) is 9.42. The van der Waals surface area contributed by atoms with Crippen LogP contribution in [0.2, 0.25) is 0 Å². The molecule has 0 aromatic rings. The summed E-state index contributed by atoms with van der Waals surface area (Å²) in [4.78, 5) is 0. The van der Waals surface area contributed by atoms with Gasteiger partial charge in [0.1, 0.15) is 0 Å². The summed E-state index contributed by atoms with van der Waals surface area (Å²) in [6.07, 6.45) is 23.1. The van der Waals surface area contributed by atoms with E-state index in [2.05, 4.69) is 233 Å². The predicted octanol–water partition coefficient (Wildman–Crippen LogP) is 13.5. The zero-order valence-corrected chi connectivity index (χ0v) is 39.8. The summed E-state index contributed by atoms with van der Waals surface area (Å²) in [5.74, 6) is 78.8. The molecule has 0 amide bonds. The Morgan fingerprint density at radius 2 is 0.629 bits per heavy atom. The average Bonchev–Trinajstić information content (AvgIpc) is 3.27. The third-order valence-electron chi connectivity index (χ3n) is 8.27. The maximum Gasteiger partial charge on any atom is 0.0101 e. The van der Waals surface area contributed by atoms with Gasteiger partial charge in [0.25, 0.3) is 0 Å². The van der Waals surface area contributed by atoms with E-state index in [0.717, 1.165) is 62.2 Å². The van der Waals surface area contributed by atoms with E-state index < -0.39 is 0 Å². The van der Waals surface area contributed by atoms with Crippen LogP contribution >= 0.6 is 0 Å². The fourth-order valence-corrected chi connectivity index (χ4v) is 3.93. The van der Waals surface area contributed by atoms with Gasteiger partial charge in [0.05, 0.1) is 0 Å². The molecular formula is C62H74. The largest absolute Gasteiger partial charge is 0.0925 e. The van der Waals surface area contributed by atoms with Gasteiger partial charge in [0.2, 0.25) is 0 Å². The summed E-state index contributed by atoms with van der Waals surface area (Å²) in [5, 5.41) is 0. The average molecular weight is 819 g/mol. The summed E-state index contributed by atoms with van der Waals surface area (Å²) in [7, 11) is 0. The zero-order chi connectivity index (χ0) is 46.1. The first-order chi connectivity index (χ1) is 29.7. The minimum atomic E-state index is 0. The van der Waals surface area contributed by atoms with Crippen molar-refractivity contribution in [1.29, 1.82) is 0 Å². The van der Waals surface area contributed by atoms with Crippen LogP contribution in [0.1, 0.15) is 174 Å². The van der Waals surface area contributed by atoms with Crippen molar-refractivity contribution < 1.29 is 0 Å². The molecule has 0 nitrogen and oxygen atoms in total. The second-order valence-electron chi connectivity index (χ2n) is 13.6. The van der Waals surface area contributed by atoms with E-state index in [9.17, 15) is 0 Å². The van der Waals surface area contributed by atoms with Crippen molar-refractivity contribution >= 4 is 0 Å². The first-order valence-corrected chi connectivity index (χ1v) is 21.7. The van der Waals surface area contributed by atoms with Crippen LogP contribution in [0.15, 0.2) is 24.3 Å². The lowest BCUT2D eigenvalue weighted by Gasteiger charge is -2.06. The molecule has 0 aliphatic carbocycles. The Hall–Kier alpha value is -6.68. The molecule has 0 heterocycles. The molecule has 4 atom stereocenters. The van der Waals surface area contributed by atoms with Gasteiger partial charge < -0.3 is 0 Å². The molecule has 0 aromatic carbocycles. The maximum absolute atomic E-state index is 3.01.